The first kappa shape index (κ1) is 20.9. The van der Waals surface area contributed by atoms with Crippen LogP contribution < -0.4 is 10.2 Å². The summed E-state index contributed by atoms with van der Waals surface area (Å²) in [5, 5.41) is 3.21. The van der Waals surface area contributed by atoms with Crippen LogP contribution in [-0.2, 0) is 19.1 Å². The molecule has 0 saturated carbocycles. The van der Waals surface area contributed by atoms with Crippen molar-refractivity contribution in [3.63, 3.8) is 0 Å². The average molecular weight is 415 g/mol. The van der Waals surface area contributed by atoms with E-state index in [4.69, 9.17) is 16.3 Å². The number of hydrogen-bond donors (Lipinski definition) is 1. The molecule has 0 aliphatic carbocycles. The summed E-state index contributed by atoms with van der Waals surface area (Å²) in [4.78, 5) is 38.4. The third-order valence-corrected chi connectivity index (χ3v) is 5.56. The highest BCUT2D eigenvalue weighted by Gasteiger charge is 2.36. The number of aryl methyl sites for hydroxylation is 2. The van der Waals surface area contributed by atoms with E-state index < -0.39 is 24.4 Å². The molecular formula is C22H23ClN2O4. The van der Waals surface area contributed by atoms with E-state index in [-0.39, 0.29) is 18.9 Å². The SMILES string of the molecule is Cc1ccc(N2C[C@H](C(=O)OCC(=O)Nc3cccc(Cl)c3C)CC2=O)cc1C. The smallest absolute Gasteiger partial charge is 0.311 e. The van der Waals surface area contributed by atoms with Crippen molar-refractivity contribution in [1.82, 2.24) is 0 Å². The van der Waals surface area contributed by atoms with Gasteiger partial charge in [-0.1, -0.05) is 23.7 Å². The number of benzene rings is 2. The van der Waals surface area contributed by atoms with E-state index in [2.05, 4.69) is 5.32 Å². The quantitative estimate of drug-likeness (QED) is 0.755. The Kier molecular flexibility index (Phi) is 6.23. The van der Waals surface area contributed by atoms with Gasteiger partial charge in [-0.05, 0) is 61.7 Å². The van der Waals surface area contributed by atoms with Gasteiger partial charge in [-0.15, -0.1) is 0 Å². The van der Waals surface area contributed by atoms with E-state index in [1.807, 2.05) is 32.0 Å². The maximum atomic E-state index is 12.4. The molecule has 2 aromatic rings. The van der Waals surface area contributed by atoms with Crippen molar-refractivity contribution in [2.45, 2.75) is 27.2 Å². The zero-order valence-corrected chi connectivity index (χ0v) is 17.4. The van der Waals surface area contributed by atoms with Crippen LogP contribution >= 0.6 is 11.6 Å². The molecule has 1 fully saturated rings. The number of esters is 1. The van der Waals surface area contributed by atoms with E-state index in [1.54, 1.807) is 30.0 Å². The highest BCUT2D eigenvalue weighted by molar-refractivity contribution is 6.31. The molecule has 0 spiro atoms. The fraction of sp³-hybridized carbons (Fsp3) is 0.318. The standard InChI is InChI=1S/C22H23ClN2O4/c1-13-7-8-17(9-14(13)2)25-11-16(10-21(25)27)22(28)29-12-20(26)24-19-6-4-5-18(23)15(19)3/h4-9,16H,10-12H2,1-3H3,(H,24,26)/t16-/m1/s1. The molecule has 1 atom stereocenters. The van der Waals surface area contributed by atoms with Crippen LogP contribution in [0.1, 0.15) is 23.1 Å². The van der Waals surface area contributed by atoms with E-state index in [0.717, 1.165) is 22.4 Å². The van der Waals surface area contributed by atoms with Crippen molar-refractivity contribution in [3.8, 4) is 0 Å². The molecule has 2 aromatic carbocycles. The lowest BCUT2D eigenvalue weighted by molar-refractivity contribution is -0.151. The molecule has 2 amide bonds. The lowest BCUT2D eigenvalue weighted by Gasteiger charge is -2.18. The molecule has 0 aromatic heterocycles. The van der Waals surface area contributed by atoms with Gasteiger partial charge in [0.05, 0.1) is 5.92 Å². The molecule has 1 saturated heterocycles. The largest absolute Gasteiger partial charge is 0.455 e. The first-order valence-electron chi connectivity index (χ1n) is 9.35. The summed E-state index contributed by atoms with van der Waals surface area (Å²) in [6, 6.07) is 10.9. The second kappa shape index (κ2) is 8.66. The summed E-state index contributed by atoms with van der Waals surface area (Å²) in [6.45, 7) is 5.59. The van der Waals surface area contributed by atoms with Crippen molar-refractivity contribution < 1.29 is 19.1 Å². The summed E-state index contributed by atoms with van der Waals surface area (Å²) < 4.78 is 5.14. The molecule has 0 unspecified atom stereocenters. The van der Waals surface area contributed by atoms with Crippen LogP contribution in [0.5, 0.6) is 0 Å². The topological polar surface area (TPSA) is 75.7 Å². The Morgan fingerprint density at radius 1 is 1.17 bits per heavy atom. The van der Waals surface area contributed by atoms with Crippen LogP contribution in [0.15, 0.2) is 36.4 Å². The number of ether oxygens (including phenoxy) is 1. The van der Waals surface area contributed by atoms with Crippen molar-refractivity contribution >= 4 is 40.8 Å². The molecule has 1 aliphatic rings. The molecule has 1 N–H and O–H groups in total. The van der Waals surface area contributed by atoms with Crippen LogP contribution in [0.25, 0.3) is 0 Å². The highest BCUT2D eigenvalue weighted by atomic mass is 35.5. The summed E-state index contributed by atoms with van der Waals surface area (Å²) in [5.74, 6) is -1.74. The van der Waals surface area contributed by atoms with Gasteiger partial charge in [0.15, 0.2) is 6.61 Å². The van der Waals surface area contributed by atoms with Crippen LogP contribution in [0.2, 0.25) is 5.02 Å². The van der Waals surface area contributed by atoms with Gasteiger partial charge in [0, 0.05) is 29.4 Å². The first-order valence-corrected chi connectivity index (χ1v) is 9.73. The van der Waals surface area contributed by atoms with Crippen molar-refractivity contribution in [3.05, 3.63) is 58.1 Å². The highest BCUT2D eigenvalue weighted by Crippen LogP contribution is 2.27. The van der Waals surface area contributed by atoms with E-state index in [9.17, 15) is 14.4 Å². The maximum absolute atomic E-state index is 12.4. The number of hydrogen-bond acceptors (Lipinski definition) is 4. The Balaban J connectivity index is 1.56. The van der Waals surface area contributed by atoms with Gasteiger partial charge in [-0.2, -0.15) is 0 Å². The molecule has 152 valence electrons. The number of halogens is 1. The molecule has 29 heavy (non-hydrogen) atoms. The van der Waals surface area contributed by atoms with E-state index >= 15 is 0 Å². The molecule has 7 heteroatoms. The summed E-state index contributed by atoms with van der Waals surface area (Å²) in [6.07, 6.45) is 0.0702. The fourth-order valence-electron chi connectivity index (χ4n) is 3.19. The number of rotatable bonds is 5. The second-order valence-corrected chi connectivity index (χ2v) is 7.65. The number of amides is 2. The zero-order valence-electron chi connectivity index (χ0n) is 16.6. The van der Waals surface area contributed by atoms with Crippen molar-refractivity contribution in [1.29, 1.82) is 0 Å². The Labute approximate surface area is 174 Å². The molecule has 3 rings (SSSR count). The van der Waals surface area contributed by atoms with E-state index in [0.29, 0.717) is 10.7 Å². The normalized spacial score (nSPS) is 16.1. The number of anilines is 2. The average Bonchev–Trinajstić information content (AvgIpc) is 3.07. The summed E-state index contributed by atoms with van der Waals surface area (Å²) >= 11 is 6.03. The third-order valence-electron chi connectivity index (χ3n) is 5.15. The van der Waals surface area contributed by atoms with Gasteiger partial charge in [0.2, 0.25) is 5.91 Å². The van der Waals surface area contributed by atoms with Crippen molar-refractivity contribution in [2.24, 2.45) is 5.92 Å². The van der Waals surface area contributed by atoms with Crippen LogP contribution in [0, 0.1) is 26.7 Å². The monoisotopic (exact) mass is 414 g/mol. The van der Waals surface area contributed by atoms with Gasteiger partial charge in [-0.3, -0.25) is 14.4 Å². The van der Waals surface area contributed by atoms with Crippen molar-refractivity contribution in [2.75, 3.05) is 23.4 Å². The van der Waals surface area contributed by atoms with Gasteiger partial charge in [0.1, 0.15) is 0 Å². The van der Waals surface area contributed by atoms with Crippen LogP contribution in [0.4, 0.5) is 11.4 Å². The fourth-order valence-corrected chi connectivity index (χ4v) is 3.37. The van der Waals surface area contributed by atoms with Crippen LogP contribution in [0.3, 0.4) is 0 Å². The molecule has 6 nitrogen and oxygen atoms in total. The maximum Gasteiger partial charge on any atom is 0.311 e. The predicted molar refractivity (Wildman–Crippen MR) is 112 cm³/mol. The molecule has 1 aliphatic heterocycles. The van der Waals surface area contributed by atoms with Gasteiger partial charge in [-0.25, -0.2) is 0 Å². The van der Waals surface area contributed by atoms with E-state index in [1.165, 1.54) is 0 Å². The Morgan fingerprint density at radius 3 is 2.66 bits per heavy atom. The predicted octanol–water partition coefficient (Wildman–Crippen LogP) is 3.80. The van der Waals surface area contributed by atoms with Gasteiger partial charge >= 0.3 is 5.97 Å². The Morgan fingerprint density at radius 2 is 1.93 bits per heavy atom. The minimum absolute atomic E-state index is 0.0702. The second-order valence-electron chi connectivity index (χ2n) is 7.24. The number of nitrogens with one attached hydrogen (secondary N) is 1. The molecule has 0 bridgehead atoms. The minimum Gasteiger partial charge on any atom is -0.455 e. The zero-order chi connectivity index (χ0) is 21.1. The first-order chi connectivity index (χ1) is 13.8. The summed E-state index contributed by atoms with van der Waals surface area (Å²) in [7, 11) is 0. The number of nitrogens with zero attached hydrogens (tertiary/aromatic N) is 1. The number of carbonyl (C=O) groups excluding carboxylic acids is 3. The minimum atomic E-state index is -0.593. The molecule has 0 radical (unpaired) electrons. The lowest BCUT2D eigenvalue weighted by Crippen LogP contribution is -2.28. The molecular weight excluding hydrogens is 392 g/mol. The van der Waals surface area contributed by atoms with Gasteiger partial charge in [0.25, 0.3) is 5.91 Å². The third kappa shape index (κ3) is 4.77. The lowest BCUT2D eigenvalue weighted by atomic mass is 10.1. The summed E-state index contributed by atoms with van der Waals surface area (Å²) in [5.41, 5.74) is 4.28. The molecule has 1 heterocycles. The number of carbonyl (C=O) groups is 3. The Bertz CT molecular complexity index is 973. The van der Waals surface area contributed by atoms with Crippen LogP contribution in [-0.4, -0.2) is 30.9 Å². The van der Waals surface area contributed by atoms with Gasteiger partial charge < -0.3 is 15.0 Å². The Hall–Kier alpha value is -2.86.